The van der Waals surface area contributed by atoms with Gasteiger partial charge >= 0.3 is 0 Å². The first kappa shape index (κ1) is 17.0. The predicted octanol–water partition coefficient (Wildman–Crippen LogP) is 3.44. The molecule has 0 saturated carbocycles. The smallest absolute Gasteiger partial charge is 0.222 e. The van der Waals surface area contributed by atoms with Gasteiger partial charge in [-0.1, -0.05) is 0 Å². The van der Waals surface area contributed by atoms with E-state index in [1.165, 1.54) is 24.3 Å². The van der Waals surface area contributed by atoms with E-state index < -0.39 is 17.7 Å². The quantitative estimate of drug-likeness (QED) is 0.777. The second kappa shape index (κ2) is 6.36. The zero-order chi connectivity index (χ0) is 18.4. The van der Waals surface area contributed by atoms with Crippen LogP contribution in [-0.2, 0) is 11.3 Å². The zero-order valence-electron chi connectivity index (χ0n) is 14.5. The van der Waals surface area contributed by atoms with Gasteiger partial charge in [0.25, 0.3) is 0 Å². The zero-order valence-corrected chi connectivity index (χ0v) is 14.5. The van der Waals surface area contributed by atoms with Gasteiger partial charge in [0, 0.05) is 40.8 Å². The Morgan fingerprint density at radius 3 is 2.15 bits per heavy atom. The number of aromatic nitrogens is 1. The molecule has 0 unspecified atom stereocenters. The minimum atomic E-state index is -0.770. The van der Waals surface area contributed by atoms with Crippen LogP contribution in [0.4, 0.5) is 8.78 Å². The first-order valence-corrected chi connectivity index (χ1v) is 8.78. The van der Waals surface area contributed by atoms with Gasteiger partial charge in [0.2, 0.25) is 5.91 Å². The summed E-state index contributed by atoms with van der Waals surface area (Å²) in [5, 5.41) is 11.8. The number of nitrogens with zero attached hydrogens (tertiary/aromatic N) is 2. The highest BCUT2D eigenvalue weighted by molar-refractivity contribution is 6.08. The number of amides is 1. The molecular weight excluding hydrogens is 338 g/mol. The molecule has 1 aliphatic rings. The van der Waals surface area contributed by atoms with E-state index in [-0.39, 0.29) is 25.0 Å². The maximum absolute atomic E-state index is 13.7. The summed E-state index contributed by atoms with van der Waals surface area (Å²) in [4.78, 5) is 13.7. The minimum Gasteiger partial charge on any atom is -0.389 e. The summed E-state index contributed by atoms with van der Waals surface area (Å²) in [6.45, 7) is 2.47. The van der Waals surface area contributed by atoms with E-state index in [1.807, 2.05) is 11.5 Å². The fourth-order valence-electron chi connectivity index (χ4n) is 3.90. The number of aliphatic hydroxyl groups is 1. The number of carbonyl (C=O) groups excluding carboxylic acids is 1. The lowest BCUT2D eigenvalue weighted by Crippen LogP contribution is -2.39. The Morgan fingerprint density at radius 1 is 1.08 bits per heavy atom. The van der Waals surface area contributed by atoms with Gasteiger partial charge in [0.05, 0.1) is 12.6 Å². The number of hydrogen-bond acceptors (Lipinski definition) is 2. The molecule has 3 aromatic rings. The van der Waals surface area contributed by atoms with Gasteiger partial charge in [-0.3, -0.25) is 4.79 Å². The van der Waals surface area contributed by atoms with Crippen LogP contribution >= 0.6 is 0 Å². The summed E-state index contributed by atoms with van der Waals surface area (Å²) in [5.41, 5.74) is 1.46. The summed E-state index contributed by atoms with van der Waals surface area (Å²) in [6, 6.07) is 8.87. The van der Waals surface area contributed by atoms with Gasteiger partial charge < -0.3 is 14.6 Å². The molecule has 136 valence electrons. The lowest BCUT2D eigenvalue weighted by atomic mass is 10.1. The number of halogens is 2. The van der Waals surface area contributed by atoms with E-state index in [1.54, 1.807) is 17.0 Å². The standard InChI is InChI=1S/C20H20F2N2O2/c1-12-2-7-20(26)23(12)10-15(25)11-24-18-5-3-13(21)8-16(18)17-9-14(22)4-6-19(17)24/h3-6,8-9,12,15,25H,2,7,10-11H2,1H3/t12-,15+/m0/s1. The lowest BCUT2D eigenvalue weighted by molar-refractivity contribution is -0.130. The van der Waals surface area contributed by atoms with Gasteiger partial charge in [-0.2, -0.15) is 0 Å². The van der Waals surface area contributed by atoms with Crippen molar-refractivity contribution >= 4 is 27.7 Å². The maximum Gasteiger partial charge on any atom is 0.222 e. The molecule has 4 rings (SSSR count). The molecule has 26 heavy (non-hydrogen) atoms. The van der Waals surface area contributed by atoms with E-state index in [0.29, 0.717) is 17.2 Å². The number of likely N-dealkylation sites (tertiary alicyclic amines) is 1. The highest BCUT2D eigenvalue weighted by Crippen LogP contribution is 2.30. The molecule has 0 aliphatic carbocycles. The number of rotatable bonds is 4. The van der Waals surface area contributed by atoms with E-state index in [0.717, 1.165) is 17.5 Å². The Balaban J connectivity index is 1.72. The van der Waals surface area contributed by atoms with E-state index in [9.17, 15) is 18.7 Å². The third kappa shape index (κ3) is 2.84. The van der Waals surface area contributed by atoms with Gasteiger partial charge in [-0.05, 0) is 49.7 Å². The number of carbonyl (C=O) groups is 1. The van der Waals surface area contributed by atoms with Gasteiger partial charge in [-0.25, -0.2) is 8.78 Å². The van der Waals surface area contributed by atoms with Crippen LogP contribution in [0.5, 0.6) is 0 Å². The number of fused-ring (bicyclic) bond motifs is 3. The molecule has 4 nitrogen and oxygen atoms in total. The molecule has 0 bridgehead atoms. The number of β-amino-alcohol motifs (C(OH)–C–C–N with tert-alkyl or cyclic N) is 1. The predicted molar refractivity (Wildman–Crippen MR) is 95.8 cm³/mol. The average molecular weight is 358 g/mol. The number of aliphatic hydroxyl groups excluding tert-OH is 1. The van der Waals surface area contributed by atoms with Crippen LogP contribution < -0.4 is 0 Å². The van der Waals surface area contributed by atoms with Gasteiger partial charge in [0.15, 0.2) is 0 Å². The third-order valence-electron chi connectivity index (χ3n) is 5.22. The fourth-order valence-corrected chi connectivity index (χ4v) is 3.90. The number of hydrogen-bond donors (Lipinski definition) is 1. The molecule has 1 aliphatic heterocycles. The van der Waals surface area contributed by atoms with Crippen molar-refractivity contribution in [2.75, 3.05) is 6.54 Å². The first-order chi connectivity index (χ1) is 12.4. The van der Waals surface area contributed by atoms with Crippen LogP contribution in [-0.4, -0.2) is 39.2 Å². The van der Waals surface area contributed by atoms with Crippen molar-refractivity contribution in [3.63, 3.8) is 0 Å². The van der Waals surface area contributed by atoms with Crippen LogP contribution in [0.3, 0.4) is 0 Å². The second-order valence-corrected chi connectivity index (χ2v) is 7.02. The highest BCUT2D eigenvalue weighted by atomic mass is 19.1. The van der Waals surface area contributed by atoms with E-state index in [4.69, 9.17) is 0 Å². The summed E-state index contributed by atoms with van der Waals surface area (Å²) >= 11 is 0. The molecule has 0 spiro atoms. The summed E-state index contributed by atoms with van der Waals surface area (Å²) in [6.07, 6.45) is 0.551. The van der Waals surface area contributed by atoms with Gasteiger partial charge in [0.1, 0.15) is 11.6 Å². The topological polar surface area (TPSA) is 45.5 Å². The molecule has 2 heterocycles. The summed E-state index contributed by atoms with van der Waals surface area (Å²) in [5.74, 6) is -0.724. The summed E-state index contributed by atoms with van der Waals surface area (Å²) in [7, 11) is 0. The van der Waals surface area contributed by atoms with Crippen molar-refractivity contribution in [2.24, 2.45) is 0 Å². The normalized spacial score (nSPS) is 19.0. The molecule has 1 saturated heterocycles. The Kier molecular flexibility index (Phi) is 4.15. The molecule has 1 aromatic heterocycles. The van der Waals surface area contributed by atoms with E-state index in [2.05, 4.69) is 0 Å². The Bertz CT molecular complexity index is 939. The Hall–Kier alpha value is -2.47. The van der Waals surface area contributed by atoms with Crippen molar-refractivity contribution in [1.29, 1.82) is 0 Å². The van der Waals surface area contributed by atoms with Crippen LogP contribution in [0.25, 0.3) is 21.8 Å². The van der Waals surface area contributed by atoms with Crippen molar-refractivity contribution < 1.29 is 18.7 Å². The molecule has 1 amide bonds. The van der Waals surface area contributed by atoms with Crippen LogP contribution in [0.15, 0.2) is 36.4 Å². The monoisotopic (exact) mass is 358 g/mol. The SMILES string of the molecule is C[C@H]1CCC(=O)N1C[C@@H](O)Cn1c2ccc(F)cc2c2cc(F)ccc21. The van der Waals surface area contributed by atoms with Crippen LogP contribution in [0, 0.1) is 11.6 Å². The fraction of sp³-hybridized carbons (Fsp3) is 0.350. The minimum absolute atomic E-state index is 0.0583. The van der Waals surface area contributed by atoms with Crippen molar-refractivity contribution in [3.05, 3.63) is 48.0 Å². The maximum atomic E-state index is 13.7. The lowest BCUT2D eigenvalue weighted by Gasteiger charge is -2.25. The van der Waals surface area contributed by atoms with Crippen molar-refractivity contribution in [1.82, 2.24) is 9.47 Å². The van der Waals surface area contributed by atoms with Gasteiger partial charge in [-0.15, -0.1) is 0 Å². The number of benzene rings is 2. The Labute approximate surface area is 149 Å². The molecule has 2 aromatic carbocycles. The van der Waals surface area contributed by atoms with Crippen molar-refractivity contribution in [3.8, 4) is 0 Å². The Morgan fingerprint density at radius 2 is 1.65 bits per heavy atom. The highest BCUT2D eigenvalue weighted by Gasteiger charge is 2.29. The summed E-state index contributed by atoms with van der Waals surface area (Å²) < 4.78 is 29.3. The molecule has 1 fully saturated rings. The van der Waals surface area contributed by atoms with Crippen LogP contribution in [0.1, 0.15) is 19.8 Å². The molecular formula is C20H20F2N2O2. The molecule has 1 N–H and O–H groups in total. The molecule has 2 atom stereocenters. The molecule has 6 heteroatoms. The average Bonchev–Trinajstić information content (AvgIpc) is 3.07. The second-order valence-electron chi connectivity index (χ2n) is 7.02. The van der Waals surface area contributed by atoms with E-state index >= 15 is 0 Å². The third-order valence-corrected chi connectivity index (χ3v) is 5.22. The van der Waals surface area contributed by atoms with Crippen molar-refractivity contribution in [2.45, 2.75) is 38.5 Å². The van der Waals surface area contributed by atoms with Crippen LogP contribution in [0.2, 0.25) is 0 Å². The molecule has 0 radical (unpaired) electrons. The largest absolute Gasteiger partial charge is 0.389 e. The first-order valence-electron chi connectivity index (χ1n) is 8.78.